The highest BCUT2D eigenvalue weighted by Gasteiger charge is 2.20. The van der Waals surface area contributed by atoms with Gasteiger partial charge in [0.05, 0.1) is 22.1 Å². The van der Waals surface area contributed by atoms with E-state index in [0.717, 1.165) is 61.1 Å². The zero-order valence-corrected chi connectivity index (χ0v) is 19.2. The van der Waals surface area contributed by atoms with Crippen LogP contribution in [0.15, 0.2) is 120 Å². The van der Waals surface area contributed by atoms with Crippen LogP contribution in [-0.4, -0.2) is 14.5 Å². The SMILES string of the molecule is c1ccc(-c2nc3ccccc3nc2-n2c3ccccc3c3cc4c(cc32)oc2ccccc24)cc1. The molecule has 0 amide bonds. The Bertz CT molecular complexity index is 2100. The molecule has 0 atom stereocenters. The molecule has 168 valence electrons. The summed E-state index contributed by atoms with van der Waals surface area (Å²) in [6.07, 6.45) is 0. The molecule has 3 heterocycles. The number of aromatic nitrogens is 3. The molecular weight excluding hydrogens is 442 g/mol. The topological polar surface area (TPSA) is 43.9 Å². The Kier molecular flexibility index (Phi) is 3.91. The molecule has 4 heteroatoms. The molecule has 0 bridgehead atoms. The monoisotopic (exact) mass is 461 g/mol. The van der Waals surface area contributed by atoms with Crippen molar-refractivity contribution in [3.05, 3.63) is 115 Å². The normalized spacial score (nSPS) is 11.9. The van der Waals surface area contributed by atoms with E-state index in [1.165, 1.54) is 10.8 Å². The second-order valence-corrected chi connectivity index (χ2v) is 9.07. The third kappa shape index (κ3) is 2.70. The van der Waals surface area contributed by atoms with Gasteiger partial charge in [-0.05, 0) is 30.3 Å². The summed E-state index contributed by atoms with van der Waals surface area (Å²) in [4.78, 5) is 10.3. The van der Waals surface area contributed by atoms with Crippen LogP contribution in [0.2, 0.25) is 0 Å². The van der Waals surface area contributed by atoms with Gasteiger partial charge in [0, 0.05) is 33.2 Å². The summed E-state index contributed by atoms with van der Waals surface area (Å²) in [6.45, 7) is 0. The van der Waals surface area contributed by atoms with Crippen LogP contribution < -0.4 is 0 Å². The lowest BCUT2D eigenvalue weighted by Crippen LogP contribution is -2.03. The van der Waals surface area contributed by atoms with Crippen molar-refractivity contribution in [1.82, 2.24) is 14.5 Å². The first-order valence-electron chi connectivity index (χ1n) is 12.0. The Hall–Kier alpha value is -4.96. The van der Waals surface area contributed by atoms with Crippen LogP contribution in [0.4, 0.5) is 0 Å². The number of benzene rings is 5. The Labute approximate surface area is 206 Å². The molecular formula is C32H19N3O. The van der Waals surface area contributed by atoms with Crippen LogP contribution in [0.25, 0.3) is 71.9 Å². The average Bonchev–Trinajstić information content (AvgIpc) is 3.46. The predicted molar refractivity (Wildman–Crippen MR) is 147 cm³/mol. The zero-order chi connectivity index (χ0) is 23.6. The fourth-order valence-corrected chi connectivity index (χ4v) is 5.35. The number of rotatable bonds is 2. The number of para-hydroxylation sites is 4. The van der Waals surface area contributed by atoms with Gasteiger partial charge in [-0.25, -0.2) is 9.97 Å². The third-order valence-corrected chi connectivity index (χ3v) is 6.98. The summed E-state index contributed by atoms with van der Waals surface area (Å²) in [5, 5.41) is 4.59. The molecule has 3 aromatic heterocycles. The summed E-state index contributed by atoms with van der Waals surface area (Å²) in [7, 11) is 0. The minimum absolute atomic E-state index is 0.807. The number of nitrogens with zero attached hydrogens (tertiary/aromatic N) is 3. The van der Waals surface area contributed by atoms with Crippen LogP contribution >= 0.6 is 0 Å². The third-order valence-electron chi connectivity index (χ3n) is 6.98. The van der Waals surface area contributed by atoms with E-state index in [1.54, 1.807) is 0 Å². The van der Waals surface area contributed by atoms with Crippen LogP contribution in [0.5, 0.6) is 0 Å². The molecule has 8 rings (SSSR count). The van der Waals surface area contributed by atoms with Gasteiger partial charge in [0.25, 0.3) is 0 Å². The minimum Gasteiger partial charge on any atom is -0.456 e. The van der Waals surface area contributed by atoms with E-state index in [2.05, 4.69) is 65.2 Å². The minimum atomic E-state index is 0.807. The van der Waals surface area contributed by atoms with Crippen molar-refractivity contribution in [3.8, 4) is 17.1 Å². The fraction of sp³-hybridized carbons (Fsp3) is 0. The standard InChI is InChI=1S/C32H19N3O/c1-2-10-20(11-3-1)31-32(34-26-15-7-6-14-25(26)33-31)35-27-16-8-4-12-21(27)23-18-24-22-13-5-9-17-29(22)36-30(24)19-28(23)35/h1-19H. The molecule has 8 aromatic rings. The van der Waals surface area contributed by atoms with Crippen molar-refractivity contribution in [2.45, 2.75) is 0 Å². The van der Waals surface area contributed by atoms with Gasteiger partial charge in [-0.3, -0.25) is 4.57 Å². The molecule has 5 aromatic carbocycles. The number of hydrogen-bond acceptors (Lipinski definition) is 3. The number of fused-ring (bicyclic) bond motifs is 7. The van der Waals surface area contributed by atoms with Gasteiger partial charge in [-0.2, -0.15) is 0 Å². The summed E-state index contributed by atoms with van der Waals surface area (Å²) >= 11 is 0. The molecule has 0 N–H and O–H groups in total. The van der Waals surface area contributed by atoms with Gasteiger partial charge < -0.3 is 4.42 Å². The molecule has 0 saturated carbocycles. The van der Waals surface area contributed by atoms with E-state index in [9.17, 15) is 0 Å². The molecule has 0 aliphatic heterocycles. The first-order valence-corrected chi connectivity index (χ1v) is 12.0. The Morgan fingerprint density at radius 2 is 1.19 bits per heavy atom. The maximum absolute atomic E-state index is 6.28. The quantitative estimate of drug-likeness (QED) is 0.260. The number of furan rings is 1. The maximum Gasteiger partial charge on any atom is 0.165 e. The average molecular weight is 462 g/mol. The second-order valence-electron chi connectivity index (χ2n) is 9.07. The summed E-state index contributed by atoms with van der Waals surface area (Å²) < 4.78 is 8.52. The molecule has 0 fully saturated rings. The maximum atomic E-state index is 6.28. The molecule has 0 radical (unpaired) electrons. The summed E-state index contributed by atoms with van der Waals surface area (Å²) in [5.74, 6) is 0.807. The molecule has 0 saturated heterocycles. The zero-order valence-electron chi connectivity index (χ0n) is 19.2. The molecule has 0 aliphatic rings. The van der Waals surface area contributed by atoms with Crippen molar-refractivity contribution in [2.24, 2.45) is 0 Å². The lowest BCUT2D eigenvalue weighted by molar-refractivity contribution is 0.669. The van der Waals surface area contributed by atoms with E-state index >= 15 is 0 Å². The van der Waals surface area contributed by atoms with Crippen molar-refractivity contribution in [2.75, 3.05) is 0 Å². The first kappa shape index (κ1) is 19.4. The predicted octanol–water partition coefficient (Wildman–Crippen LogP) is 8.29. The molecule has 0 aliphatic carbocycles. The summed E-state index contributed by atoms with van der Waals surface area (Å²) in [5.41, 5.74) is 7.51. The van der Waals surface area contributed by atoms with Gasteiger partial charge >= 0.3 is 0 Å². The van der Waals surface area contributed by atoms with Crippen molar-refractivity contribution >= 4 is 54.8 Å². The van der Waals surface area contributed by atoms with Crippen LogP contribution in [-0.2, 0) is 0 Å². The lowest BCUT2D eigenvalue weighted by atomic mass is 10.1. The van der Waals surface area contributed by atoms with E-state index in [1.807, 2.05) is 54.6 Å². The van der Waals surface area contributed by atoms with E-state index in [4.69, 9.17) is 14.4 Å². The van der Waals surface area contributed by atoms with Gasteiger partial charge in [0.2, 0.25) is 0 Å². The lowest BCUT2D eigenvalue weighted by Gasteiger charge is -2.13. The van der Waals surface area contributed by atoms with E-state index in [-0.39, 0.29) is 0 Å². The highest BCUT2D eigenvalue weighted by atomic mass is 16.3. The van der Waals surface area contributed by atoms with Gasteiger partial charge in [0.1, 0.15) is 16.9 Å². The molecule has 36 heavy (non-hydrogen) atoms. The molecule has 0 spiro atoms. The fourth-order valence-electron chi connectivity index (χ4n) is 5.35. The second kappa shape index (κ2) is 7.27. The largest absolute Gasteiger partial charge is 0.456 e. The molecule has 0 unspecified atom stereocenters. The van der Waals surface area contributed by atoms with Crippen LogP contribution in [0, 0.1) is 0 Å². The van der Waals surface area contributed by atoms with Crippen LogP contribution in [0.1, 0.15) is 0 Å². The Balaban J connectivity index is 1.56. The van der Waals surface area contributed by atoms with E-state index < -0.39 is 0 Å². The summed E-state index contributed by atoms with van der Waals surface area (Å²) in [6, 6.07) is 39.5. The number of hydrogen-bond donors (Lipinski definition) is 0. The highest BCUT2D eigenvalue weighted by molar-refractivity contribution is 6.17. The van der Waals surface area contributed by atoms with Gasteiger partial charge in [-0.15, -0.1) is 0 Å². The van der Waals surface area contributed by atoms with E-state index in [0.29, 0.717) is 0 Å². The first-order chi connectivity index (χ1) is 17.8. The Morgan fingerprint density at radius 1 is 0.500 bits per heavy atom. The Morgan fingerprint density at radius 3 is 2.06 bits per heavy atom. The highest BCUT2D eigenvalue weighted by Crippen LogP contribution is 2.39. The van der Waals surface area contributed by atoms with Gasteiger partial charge in [0.15, 0.2) is 5.82 Å². The van der Waals surface area contributed by atoms with Crippen molar-refractivity contribution in [3.63, 3.8) is 0 Å². The smallest absolute Gasteiger partial charge is 0.165 e. The van der Waals surface area contributed by atoms with Crippen LogP contribution in [0.3, 0.4) is 0 Å². The van der Waals surface area contributed by atoms with Crippen molar-refractivity contribution < 1.29 is 4.42 Å². The van der Waals surface area contributed by atoms with Crippen molar-refractivity contribution in [1.29, 1.82) is 0 Å². The van der Waals surface area contributed by atoms with Gasteiger partial charge in [-0.1, -0.05) is 78.9 Å². The molecule has 4 nitrogen and oxygen atoms in total.